The van der Waals surface area contributed by atoms with Crippen LogP contribution in [0, 0.1) is 17.0 Å². The average Bonchev–Trinajstić information content (AvgIpc) is 3.14. The Labute approximate surface area is 182 Å². The highest BCUT2D eigenvalue weighted by Gasteiger charge is 2.18. The summed E-state index contributed by atoms with van der Waals surface area (Å²) in [7, 11) is 0. The summed E-state index contributed by atoms with van der Waals surface area (Å²) < 4.78 is 2.00. The van der Waals surface area contributed by atoms with Gasteiger partial charge in [-0.05, 0) is 54.7 Å². The van der Waals surface area contributed by atoms with E-state index in [1.807, 2.05) is 54.7 Å². The van der Waals surface area contributed by atoms with Gasteiger partial charge in [-0.1, -0.05) is 12.1 Å². The number of nitrogens with zero attached hydrogens (tertiary/aromatic N) is 3. The van der Waals surface area contributed by atoms with Gasteiger partial charge in [0.2, 0.25) is 0 Å². The Kier molecular flexibility index (Phi) is 6.10. The first-order chi connectivity index (χ1) is 14.5. The molecule has 1 aliphatic heterocycles. The number of carbonyl (C=O) groups excluding carboxylic acids is 1. The maximum atomic E-state index is 12.8. The molecule has 30 heavy (non-hydrogen) atoms. The molecule has 3 aromatic rings. The zero-order valence-corrected chi connectivity index (χ0v) is 17.9. The van der Waals surface area contributed by atoms with Crippen molar-refractivity contribution in [2.24, 2.45) is 0 Å². The van der Waals surface area contributed by atoms with Crippen LogP contribution in [-0.2, 0) is 0 Å². The fourth-order valence-corrected chi connectivity index (χ4v) is 6.06. The van der Waals surface area contributed by atoms with Crippen LogP contribution in [0.15, 0.2) is 54.6 Å². The molecule has 0 atom stereocenters. The average molecular weight is 441 g/mol. The molecule has 2 heterocycles. The van der Waals surface area contributed by atoms with E-state index in [1.54, 1.807) is 22.9 Å². The Balaban J connectivity index is 1.51. The van der Waals surface area contributed by atoms with Gasteiger partial charge in [-0.3, -0.25) is 14.9 Å². The minimum absolute atomic E-state index is 0.00240. The third-order valence-corrected chi connectivity index (χ3v) is 7.67. The molecular weight excluding hydrogens is 420 g/mol. The highest BCUT2D eigenvalue weighted by molar-refractivity contribution is 8.16. The largest absolute Gasteiger partial charge is 0.306 e. The summed E-state index contributed by atoms with van der Waals surface area (Å²) in [5, 5.41) is 18.2. The first kappa shape index (κ1) is 20.5. The van der Waals surface area contributed by atoms with Gasteiger partial charge in [0.15, 0.2) is 0 Å². The Bertz CT molecular complexity index is 1060. The Morgan fingerprint density at radius 1 is 1.13 bits per heavy atom. The zero-order valence-electron chi connectivity index (χ0n) is 16.3. The van der Waals surface area contributed by atoms with Crippen LogP contribution in [0.25, 0.3) is 5.69 Å². The molecule has 2 aromatic carbocycles. The van der Waals surface area contributed by atoms with Crippen molar-refractivity contribution in [3.05, 3.63) is 81.5 Å². The number of nitrogens with one attached hydrogen (secondary N) is 1. The lowest BCUT2D eigenvalue weighted by molar-refractivity contribution is -0.384. The predicted octanol–water partition coefficient (Wildman–Crippen LogP) is 5.21. The lowest BCUT2D eigenvalue weighted by Crippen LogP contribution is -2.15. The van der Waals surface area contributed by atoms with Gasteiger partial charge in [0, 0.05) is 23.8 Å². The van der Waals surface area contributed by atoms with Gasteiger partial charge >= 0.3 is 0 Å². The van der Waals surface area contributed by atoms with Gasteiger partial charge in [-0.2, -0.15) is 5.10 Å². The molecule has 7 nitrogen and oxygen atoms in total. The second-order valence-electron chi connectivity index (χ2n) is 6.86. The third-order valence-electron chi connectivity index (χ3n) is 4.65. The van der Waals surface area contributed by atoms with Crippen molar-refractivity contribution in [3.63, 3.8) is 0 Å². The summed E-state index contributed by atoms with van der Waals surface area (Å²) in [5.74, 6) is 2.63. The summed E-state index contributed by atoms with van der Waals surface area (Å²) in [6.45, 7) is 1.83. The van der Waals surface area contributed by atoms with E-state index < -0.39 is 4.92 Å². The number of nitro benzene ring substituents is 1. The van der Waals surface area contributed by atoms with Crippen LogP contribution < -0.4 is 5.32 Å². The molecule has 0 spiro atoms. The van der Waals surface area contributed by atoms with Crippen LogP contribution in [0.1, 0.15) is 32.6 Å². The Morgan fingerprint density at radius 3 is 2.43 bits per heavy atom. The van der Waals surface area contributed by atoms with Gasteiger partial charge in [0.1, 0.15) is 5.82 Å². The molecule has 1 saturated heterocycles. The number of carbonyl (C=O) groups is 1. The van der Waals surface area contributed by atoms with Crippen LogP contribution >= 0.6 is 23.5 Å². The van der Waals surface area contributed by atoms with E-state index >= 15 is 0 Å². The van der Waals surface area contributed by atoms with Crippen molar-refractivity contribution in [2.45, 2.75) is 17.9 Å². The summed E-state index contributed by atoms with van der Waals surface area (Å²) in [4.78, 5) is 23.2. The molecule has 154 valence electrons. The molecule has 4 rings (SSSR count). The van der Waals surface area contributed by atoms with E-state index in [0.717, 1.165) is 5.69 Å². The first-order valence-corrected chi connectivity index (χ1v) is 11.6. The molecule has 0 saturated carbocycles. The number of hydrogen-bond donors (Lipinski definition) is 1. The smallest absolute Gasteiger partial charge is 0.269 e. The molecule has 1 fully saturated rings. The SMILES string of the molecule is Cc1cc(NC(=O)c2ccc(C3SCCCS3)cc2)n(-c2ccc([N+](=O)[O-])cc2)n1. The highest BCUT2D eigenvalue weighted by atomic mass is 32.2. The molecule has 1 amide bonds. The zero-order chi connectivity index (χ0) is 21.1. The van der Waals surface area contributed by atoms with Gasteiger partial charge in [-0.15, -0.1) is 23.5 Å². The number of benzene rings is 2. The van der Waals surface area contributed by atoms with Crippen molar-refractivity contribution in [3.8, 4) is 5.69 Å². The summed E-state index contributed by atoms with van der Waals surface area (Å²) in [6, 6.07) is 15.5. The van der Waals surface area contributed by atoms with Crippen molar-refractivity contribution in [1.29, 1.82) is 0 Å². The lowest BCUT2D eigenvalue weighted by atomic mass is 10.1. The van der Waals surface area contributed by atoms with Crippen LogP contribution in [-0.4, -0.2) is 32.1 Å². The van der Waals surface area contributed by atoms with Crippen molar-refractivity contribution < 1.29 is 9.72 Å². The molecule has 1 aliphatic rings. The second kappa shape index (κ2) is 8.93. The van der Waals surface area contributed by atoms with Crippen molar-refractivity contribution in [1.82, 2.24) is 9.78 Å². The lowest BCUT2D eigenvalue weighted by Gasteiger charge is -2.21. The molecule has 9 heteroatoms. The number of aryl methyl sites for hydroxylation is 1. The monoisotopic (exact) mass is 440 g/mol. The molecule has 0 bridgehead atoms. The van der Waals surface area contributed by atoms with E-state index in [9.17, 15) is 14.9 Å². The number of nitro groups is 1. The number of hydrogen-bond acceptors (Lipinski definition) is 6. The Hall–Kier alpha value is -2.78. The predicted molar refractivity (Wildman–Crippen MR) is 122 cm³/mol. The highest BCUT2D eigenvalue weighted by Crippen LogP contribution is 2.43. The summed E-state index contributed by atoms with van der Waals surface area (Å²) >= 11 is 3.89. The minimum Gasteiger partial charge on any atom is -0.306 e. The van der Waals surface area contributed by atoms with Crippen LogP contribution in [0.3, 0.4) is 0 Å². The van der Waals surface area contributed by atoms with Crippen LogP contribution in [0.5, 0.6) is 0 Å². The topological polar surface area (TPSA) is 90.1 Å². The fraction of sp³-hybridized carbons (Fsp3) is 0.238. The van der Waals surface area contributed by atoms with E-state index in [0.29, 0.717) is 21.7 Å². The van der Waals surface area contributed by atoms with Gasteiger partial charge in [0.25, 0.3) is 11.6 Å². The van der Waals surface area contributed by atoms with Gasteiger partial charge in [-0.25, -0.2) is 4.68 Å². The summed E-state index contributed by atoms with van der Waals surface area (Å²) in [6.07, 6.45) is 1.24. The van der Waals surface area contributed by atoms with E-state index in [1.165, 1.54) is 35.6 Å². The first-order valence-electron chi connectivity index (χ1n) is 9.47. The second-order valence-corrected chi connectivity index (χ2v) is 9.58. The van der Waals surface area contributed by atoms with E-state index in [4.69, 9.17) is 0 Å². The quantitative estimate of drug-likeness (QED) is 0.433. The third kappa shape index (κ3) is 4.52. The van der Waals surface area contributed by atoms with E-state index in [2.05, 4.69) is 10.4 Å². The number of non-ortho nitro benzene ring substituents is 1. The maximum Gasteiger partial charge on any atom is 0.269 e. The molecule has 0 radical (unpaired) electrons. The number of thioether (sulfide) groups is 2. The van der Waals surface area contributed by atoms with Gasteiger partial charge < -0.3 is 5.32 Å². The molecule has 0 aliphatic carbocycles. The molecule has 1 N–H and O–H groups in total. The van der Waals surface area contributed by atoms with Crippen molar-refractivity contribution >= 4 is 40.9 Å². The van der Waals surface area contributed by atoms with Gasteiger partial charge in [0.05, 0.1) is 20.9 Å². The minimum atomic E-state index is -0.450. The maximum absolute atomic E-state index is 12.8. The Morgan fingerprint density at radius 2 is 1.80 bits per heavy atom. The summed E-state index contributed by atoms with van der Waals surface area (Å²) in [5.41, 5.74) is 3.16. The molecule has 0 unspecified atom stereocenters. The van der Waals surface area contributed by atoms with Crippen LogP contribution in [0.4, 0.5) is 11.5 Å². The molecule has 1 aromatic heterocycles. The number of aromatic nitrogens is 2. The number of anilines is 1. The van der Waals surface area contributed by atoms with Crippen LogP contribution in [0.2, 0.25) is 0 Å². The van der Waals surface area contributed by atoms with E-state index in [-0.39, 0.29) is 11.6 Å². The molecular formula is C21H20N4O3S2. The number of amides is 1. The fourth-order valence-electron chi connectivity index (χ4n) is 3.16. The normalized spacial score (nSPS) is 14.4. The standard InChI is InChI=1S/C21H20N4O3S2/c1-14-13-19(24(23-14)17-7-9-18(10-8-17)25(27)28)22-20(26)15-3-5-16(6-4-15)21-29-11-2-12-30-21/h3-10,13,21H,2,11-12H2,1H3,(H,22,26). The van der Waals surface area contributed by atoms with Crippen molar-refractivity contribution in [2.75, 3.05) is 16.8 Å². The number of rotatable bonds is 5.